The summed E-state index contributed by atoms with van der Waals surface area (Å²) in [7, 11) is 1.90. The van der Waals surface area contributed by atoms with Crippen molar-refractivity contribution in [2.45, 2.75) is 24.3 Å². The molecule has 0 aliphatic carbocycles. The first-order valence-corrected chi connectivity index (χ1v) is 9.07. The number of hydrogen-bond acceptors (Lipinski definition) is 4. The van der Waals surface area contributed by atoms with Crippen LogP contribution in [0.4, 0.5) is 0 Å². The molecule has 0 bridgehead atoms. The van der Waals surface area contributed by atoms with Crippen molar-refractivity contribution in [3.63, 3.8) is 0 Å². The number of carbonyl (C=O) groups excluding carboxylic acids is 1. The van der Waals surface area contributed by atoms with E-state index in [-0.39, 0.29) is 18.4 Å². The van der Waals surface area contributed by atoms with Crippen LogP contribution in [-0.2, 0) is 11.3 Å². The van der Waals surface area contributed by atoms with Crippen molar-refractivity contribution in [2.75, 3.05) is 39.5 Å². The molecule has 1 N–H and O–H groups in total. The number of carbonyl (C=O) groups is 1. The topological polar surface area (TPSA) is 43.8 Å². The van der Waals surface area contributed by atoms with Gasteiger partial charge in [0.05, 0.1) is 6.61 Å². The molecule has 0 radical (unpaired) electrons. The van der Waals surface area contributed by atoms with Gasteiger partial charge in [0, 0.05) is 31.0 Å². The number of hydrogen-bond donors (Lipinski definition) is 1. The molecule has 1 heterocycles. The molecule has 1 amide bonds. The van der Waals surface area contributed by atoms with Crippen LogP contribution in [0.2, 0.25) is 0 Å². The highest BCUT2D eigenvalue weighted by Crippen LogP contribution is 2.21. The zero-order valence-corrected chi connectivity index (χ0v) is 14.3. The van der Waals surface area contributed by atoms with Crippen molar-refractivity contribution < 1.29 is 9.90 Å². The van der Waals surface area contributed by atoms with Crippen LogP contribution in [0.15, 0.2) is 29.2 Å². The highest BCUT2D eigenvalue weighted by Gasteiger charge is 2.26. The molecule has 1 aromatic rings. The molecule has 0 atom stereocenters. The molecule has 122 valence electrons. The van der Waals surface area contributed by atoms with Gasteiger partial charge in [-0.05, 0) is 49.9 Å². The number of nitrogens with zero attached hydrogens (tertiary/aromatic N) is 2. The minimum absolute atomic E-state index is 0.128. The van der Waals surface area contributed by atoms with E-state index >= 15 is 0 Å². The van der Waals surface area contributed by atoms with Crippen LogP contribution < -0.4 is 0 Å². The molecule has 1 aliphatic rings. The van der Waals surface area contributed by atoms with Gasteiger partial charge in [0.25, 0.3) is 0 Å². The third kappa shape index (κ3) is 4.73. The second kappa shape index (κ2) is 8.56. The maximum atomic E-state index is 12.6. The maximum absolute atomic E-state index is 12.6. The lowest BCUT2D eigenvalue weighted by Gasteiger charge is -2.32. The monoisotopic (exact) mass is 322 g/mol. The molecule has 1 fully saturated rings. The number of amides is 1. The lowest BCUT2D eigenvalue weighted by molar-refractivity contribution is -0.136. The molecule has 1 aliphatic heterocycles. The Labute approximate surface area is 137 Å². The van der Waals surface area contributed by atoms with Crippen molar-refractivity contribution >= 4 is 17.7 Å². The predicted octanol–water partition coefficient (Wildman–Crippen LogP) is 2.07. The average Bonchev–Trinajstić information content (AvgIpc) is 2.55. The number of benzene rings is 1. The summed E-state index contributed by atoms with van der Waals surface area (Å²) >= 11 is 1.72. The predicted molar refractivity (Wildman–Crippen MR) is 90.9 cm³/mol. The normalized spacial score (nSPS) is 16.7. The van der Waals surface area contributed by atoms with E-state index in [0.717, 1.165) is 32.5 Å². The molecule has 0 unspecified atom stereocenters. The molecule has 1 saturated heterocycles. The largest absolute Gasteiger partial charge is 0.395 e. The highest BCUT2D eigenvalue weighted by molar-refractivity contribution is 7.98. The fourth-order valence-corrected chi connectivity index (χ4v) is 3.46. The molecular weight excluding hydrogens is 296 g/mol. The van der Waals surface area contributed by atoms with Crippen LogP contribution in [0.25, 0.3) is 0 Å². The fourth-order valence-electron chi connectivity index (χ4n) is 2.98. The molecule has 1 aromatic carbocycles. The molecule has 2 rings (SSSR count). The summed E-state index contributed by atoms with van der Waals surface area (Å²) in [6.45, 7) is 3.41. The number of β-amino-alcohol motifs (C(OH)–C–C–N with tert-alkyl or cyclic N) is 1. The summed E-state index contributed by atoms with van der Waals surface area (Å²) in [4.78, 5) is 17.9. The third-order valence-electron chi connectivity index (χ3n) is 4.28. The van der Waals surface area contributed by atoms with Gasteiger partial charge in [-0.3, -0.25) is 4.79 Å². The van der Waals surface area contributed by atoms with E-state index < -0.39 is 0 Å². The summed E-state index contributed by atoms with van der Waals surface area (Å²) in [5.41, 5.74) is 1.18. The lowest BCUT2D eigenvalue weighted by atomic mass is 9.95. The van der Waals surface area contributed by atoms with Gasteiger partial charge in [0.2, 0.25) is 5.91 Å². The van der Waals surface area contributed by atoms with Crippen LogP contribution in [0, 0.1) is 5.92 Å². The minimum atomic E-state index is 0.128. The minimum Gasteiger partial charge on any atom is -0.395 e. The molecule has 22 heavy (non-hydrogen) atoms. The molecule has 0 aromatic heterocycles. The van der Waals surface area contributed by atoms with Crippen molar-refractivity contribution in [3.05, 3.63) is 29.8 Å². The number of likely N-dealkylation sites (tertiary alicyclic amines) is 1. The van der Waals surface area contributed by atoms with Crippen LogP contribution in [0.1, 0.15) is 18.4 Å². The Morgan fingerprint density at radius 1 is 1.41 bits per heavy atom. The first kappa shape index (κ1) is 17.3. The summed E-state index contributed by atoms with van der Waals surface area (Å²) in [6, 6.07) is 8.37. The molecule has 5 heteroatoms. The first-order valence-electron chi connectivity index (χ1n) is 7.85. The zero-order chi connectivity index (χ0) is 15.9. The highest BCUT2D eigenvalue weighted by atomic mass is 32.2. The Morgan fingerprint density at radius 3 is 2.77 bits per heavy atom. The summed E-state index contributed by atoms with van der Waals surface area (Å²) < 4.78 is 0. The summed E-state index contributed by atoms with van der Waals surface area (Å²) in [5, 5.41) is 8.97. The molecule has 4 nitrogen and oxygen atoms in total. The van der Waals surface area contributed by atoms with Gasteiger partial charge < -0.3 is 14.9 Å². The van der Waals surface area contributed by atoms with E-state index in [9.17, 15) is 4.79 Å². The van der Waals surface area contributed by atoms with Crippen molar-refractivity contribution in [1.29, 1.82) is 0 Å². The quantitative estimate of drug-likeness (QED) is 0.814. The molecule has 0 saturated carbocycles. The first-order chi connectivity index (χ1) is 10.6. The Hall–Kier alpha value is -1.04. The number of piperidine rings is 1. The molecule has 0 spiro atoms. The van der Waals surface area contributed by atoms with E-state index in [1.54, 1.807) is 11.8 Å². The Morgan fingerprint density at radius 2 is 2.14 bits per heavy atom. The Bertz CT molecular complexity index is 487. The number of rotatable bonds is 6. The van der Waals surface area contributed by atoms with Gasteiger partial charge in [-0.15, -0.1) is 11.8 Å². The average molecular weight is 322 g/mol. The fraction of sp³-hybridized carbons (Fsp3) is 0.588. The van der Waals surface area contributed by atoms with E-state index in [1.165, 1.54) is 10.5 Å². The van der Waals surface area contributed by atoms with E-state index in [2.05, 4.69) is 29.4 Å². The number of thioether (sulfide) groups is 1. The van der Waals surface area contributed by atoms with E-state index in [1.807, 2.05) is 18.0 Å². The SMILES string of the molecule is CSc1cccc(CN(C)C(=O)C2CCN(CCO)CC2)c1. The van der Waals surface area contributed by atoms with Crippen molar-refractivity contribution in [2.24, 2.45) is 5.92 Å². The van der Waals surface area contributed by atoms with Gasteiger partial charge >= 0.3 is 0 Å². The Balaban J connectivity index is 1.87. The standard InChI is InChI=1S/C17H26N2O2S/c1-18(13-14-4-3-5-16(12-14)22-2)17(21)15-6-8-19(9-7-15)10-11-20/h3-5,12,15,20H,6-11,13H2,1-2H3. The van der Waals surface area contributed by atoms with Crippen molar-refractivity contribution in [3.8, 4) is 0 Å². The van der Waals surface area contributed by atoms with Gasteiger partial charge in [-0.2, -0.15) is 0 Å². The van der Waals surface area contributed by atoms with Crippen LogP contribution in [0.5, 0.6) is 0 Å². The second-order valence-corrected chi connectivity index (χ2v) is 6.77. The van der Waals surface area contributed by atoms with Crippen LogP contribution >= 0.6 is 11.8 Å². The second-order valence-electron chi connectivity index (χ2n) is 5.89. The van der Waals surface area contributed by atoms with E-state index in [4.69, 9.17) is 5.11 Å². The zero-order valence-electron chi connectivity index (χ0n) is 13.5. The smallest absolute Gasteiger partial charge is 0.225 e. The van der Waals surface area contributed by atoms with Gasteiger partial charge in [0.1, 0.15) is 0 Å². The van der Waals surface area contributed by atoms with Gasteiger partial charge in [0.15, 0.2) is 0 Å². The summed E-state index contributed by atoms with van der Waals surface area (Å²) in [6.07, 6.45) is 3.86. The molecular formula is C17H26N2O2S. The van der Waals surface area contributed by atoms with Crippen LogP contribution in [0.3, 0.4) is 0 Å². The number of aliphatic hydroxyl groups is 1. The van der Waals surface area contributed by atoms with Crippen LogP contribution in [-0.4, -0.2) is 60.4 Å². The third-order valence-corrected chi connectivity index (χ3v) is 5.01. The van der Waals surface area contributed by atoms with Crippen molar-refractivity contribution in [1.82, 2.24) is 9.80 Å². The van der Waals surface area contributed by atoms with Gasteiger partial charge in [-0.25, -0.2) is 0 Å². The van der Waals surface area contributed by atoms with Gasteiger partial charge in [-0.1, -0.05) is 12.1 Å². The summed E-state index contributed by atoms with van der Waals surface area (Å²) in [5.74, 6) is 0.377. The van der Waals surface area contributed by atoms with E-state index in [0.29, 0.717) is 6.54 Å². The number of aliphatic hydroxyl groups excluding tert-OH is 1. The lowest BCUT2D eigenvalue weighted by Crippen LogP contribution is -2.41. The Kier molecular flexibility index (Phi) is 6.73. The maximum Gasteiger partial charge on any atom is 0.225 e.